The molecule has 132 valence electrons. The second-order valence-electron chi connectivity index (χ2n) is 6.68. The van der Waals surface area contributed by atoms with E-state index in [4.69, 9.17) is 0 Å². The third-order valence-corrected chi connectivity index (χ3v) is 4.53. The molecule has 2 amide bonds. The molecule has 0 saturated heterocycles. The minimum atomic E-state index is -0.0346. The van der Waals surface area contributed by atoms with Crippen LogP contribution in [-0.4, -0.2) is 26.8 Å². The molecule has 1 N–H and O–H groups in total. The summed E-state index contributed by atoms with van der Waals surface area (Å²) in [5, 5.41) is 7.29. The van der Waals surface area contributed by atoms with Crippen LogP contribution in [-0.2, 0) is 13.1 Å². The first-order chi connectivity index (χ1) is 12.8. The van der Waals surface area contributed by atoms with Gasteiger partial charge in [-0.05, 0) is 42.2 Å². The van der Waals surface area contributed by atoms with Crippen molar-refractivity contribution in [2.75, 3.05) is 5.32 Å². The van der Waals surface area contributed by atoms with Crippen molar-refractivity contribution in [1.29, 1.82) is 0 Å². The van der Waals surface area contributed by atoms with E-state index < -0.39 is 0 Å². The van der Waals surface area contributed by atoms with Crippen LogP contribution < -0.4 is 5.32 Å². The Hall–Kier alpha value is -3.08. The highest BCUT2D eigenvalue weighted by molar-refractivity contribution is 5.89. The van der Waals surface area contributed by atoms with Crippen LogP contribution in [0.15, 0.2) is 73.1 Å². The number of urea groups is 1. The van der Waals surface area contributed by atoms with Gasteiger partial charge >= 0.3 is 6.03 Å². The lowest BCUT2D eigenvalue weighted by Gasteiger charge is -2.23. The van der Waals surface area contributed by atoms with Crippen LogP contribution in [0.3, 0.4) is 0 Å². The van der Waals surface area contributed by atoms with Gasteiger partial charge in [0.1, 0.15) is 0 Å². The zero-order chi connectivity index (χ0) is 17.8. The zero-order valence-electron chi connectivity index (χ0n) is 14.6. The maximum atomic E-state index is 12.8. The molecular formula is C21H22N4O. The largest absolute Gasteiger partial charge is 0.322 e. The SMILES string of the molecule is O=C(Nc1cccc(Cn2cccn2)c1)N(Cc1ccccc1)C1CC1. The van der Waals surface area contributed by atoms with E-state index in [0.29, 0.717) is 19.1 Å². The van der Waals surface area contributed by atoms with Crippen molar-refractivity contribution >= 4 is 11.7 Å². The number of carbonyl (C=O) groups is 1. The maximum Gasteiger partial charge on any atom is 0.322 e. The van der Waals surface area contributed by atoms with E-state index in [9.17, 15) is 4.79 Å². The fraction of sp³-hybridized carbons (Fsp3) is 0.238. The Morgan fingerprint density at radius 2 is 1.88 bits per heavy atom. The van der Waals surface area contributed by atoms with Gasteiger partial charge in [0, 0.05) is 30.7 Å². The summed E-state index contributed by atoms with van der Waals surface area (Å²) < 4.78 is 1.87. The lowest BCUT2D eigenvalue weighted by Crippen LogP contribution is -2.36. The number of rotatable bonds is 6. The molecule has 1 heterocycles. The maximum absolute atomic E-state index is 12.8. The molecular weight excluding hydrogens is 324 g/mol. The Morgan fingerprint density at radius 1 is 1.08 bits per heavy atom. The van der Waals surface area contributed by atoms with E-state index in [0.717, 1.165) is 29.7 Å². The third kappa shape index (κ3) is 4.11. The number of anilines is 1. The number of aromatic nitrogens is 2. The summed E-state index contributed by atoms with van der Waals surface area (Å²) >= 11 is 0. The van der Waals surface area contributed by atoms with Crippen molar-refractivity contribution in [3.63, 3.8) is 0 Å². The van der Waals surface area contributed by atoms with Gasteiger partial charge in [-0.25, -0.2) is 4.79 Å². The van der Waals surface area contributed by atoms with Crippen LogP contribution in [0.2, 0.25) is 0 Å². The average Bonchev–Trinajstić information content (AvgIpc) is 3.37. The summed E-state index contributed by atoms with van der Waals surface area (Å²) in [6.45, 7) is 1.33. The number of carbonyl (C=O) groups excluding carboxylic acids is 1. The van der Waals surface area contributed by atoms with E-state index >= 15 is 0 Å². The summed E-state index contributed by atoms with van der Waals surface area (Å²) in [7, 11) is 0. The fourth-order valence-electron chi connectivity index (χ4n) is 3.06. The van der Waals surface area contributed by atoms with E-state index in [1.54, 1.807) is 6.20 Å². The van der Waals surface area contributed by atoms with Gasteiger partial charge in [0.25, 0.3) is 0 Å². The molecule has 1 aliphatic rings. The predicted molar refractivity (Wildman–Crippen MR) is 102 cm³/mol. The molecule has 0 bridgehead atoms. The summed E-state index contributed by atoms with van der Waals surface area (Å²) in [6.07, 6.45) is 5.86. The van der Waals surface area contributed by atoms with Crippen LogP contribution >= 0.6 is 0 Å². The first-order valence-corrected chi connectivity index (χ1v) is 8.96. The van der Waals surface area contributed by atoms with E-state index in [-0.39, 0.29) is 6.03 Å². The molecule has 0 spiro atoms. The molecule has 2 aromatic carbocycles. The van der Waals surface area contributed by atoms with Crippen molar-refractivity contribution in [3.8, 4) is 0 Å². The number of benzene rings is 2. The van der Waals surface area contributed by atoms with Crippen LogP contribution in [0.4, 0.5) is 10.5 Å². The van der Waals surface area contributed by atoms with Crippen molar-refractivity contribution in [1.82, 2.24) is 14.7 Å². The number of hydrogen-bond donors (Lipinski definition) is 1. The molecule has 5 heteroatoms. The quantitative estimate of drug-likeness (QED) is 0.730. The number of hydrogen-bond acceptors (Lipinski definition) is 2. The van der Waals surface area contributed by atoms with E-state index in [1.165, 1.54) is 0 Å². The highest BCUT2D eigenvalue weighted by atomic mass is 16.2. The minimum absolute atomic E-state index is 0.0346. The van der Waals surface area contributed by atoms with Crippen LogP contribution in [0, 0.1) is 0 Å². The monoisotopic (exact) mass is 346 g/mol. The highest BCUT2D eigenvalue weighted by Gasteiger charge is 2.32. The Bertz CT molecular complexity index is 857. The second kappa shape index (κ2) is 7.44. The van der Waals surface area contributed by atoms with Gasteiger partial charge in [0.15, 0.2) is 0 Å². The molecule has 0 radical (unpaired) electrons. The Balaban J connectivity index is 1.44. The van der Waals surface area contributed by atoms with Crippen LogP contribution in [0.5, 0.6) is 0 Å². The van der Waals surface area contributed by atoms with Gasteiger partial charge in [-0.2, -0.15) is 5.10 Å². The molecule has 1 saturated carbocycles. The molecule has 1 aromatic heterocycles. The molecule has 5 nitrogen and oxygen atoms in total. The summed E-state index contributed by atoms with van der Waals surface area (Å²) in [6, 6.07) is 20.3. The Morgan fingerprint density at radius 3 is 2.62 bits per heavy atom. The molecule has 26 heavy (non-hydrogen) atoms. The molecule has 4 rings (SSSR count). The summed E-state index contributed by atoms with van der Waals surface area (Å²) in [5.74, 6) is 0. The van der Waals surface area contributed by atoms with Crippen LogP contribution in [0.25, 0.3) is 0 Å². The number of nitrogens with one attached hydrogen (secondary N) is 1. The van der Waals surface area contributed by atoms with Crippen LogP contribution in [0.1, 0.15) is 24.0 Å². The second-order valence-corrected chi connectivity index (χ2v) is 6.68. The highest BCUT2D eigenvalue weighted by Crippen LogP contribution is 2.29. The van der Waals surface area contributed by atoms with Gasteiger partial charge in [-0.15, -0.1) is 0 Å². The van der Waals surface area contributed by atoms with Crippen molar-refractivity contribution in [3.05, 3.63) is 84.2 Å². The number of nitrogens with zero attached hydrogens (tertiary/aromatic N) is 3. The van der Waals surface area contributed by atoms with E-state index in [2.05, 4.69) is 22.5 Å². The van der Waals surface area contributed by atoms with Gasteiger partial charge in [0.2, 0.25) is 0 Å². The van der Waals surface area contributed by atoms with Gasteiger partial charge in [-0.1, -0.05) is 42.5 Å². The Kier molecular flexibility index (Phi) is 4.69. The van der Waals surface area contributed by atoms with Crippen molar-refractivity contribution in [2.45, 2.75) is 32.0 Å². The predicted octanol–water partition coefficient (Wildman–Crippen LogP) is 4.13. The first kappa shape index (κ1) is 16.4. The van der Waals surface area contributed by atoms with Gasteiger partial charge in [0.05, 0.1) is 6.54 Å². The molecule has 1 aliphatic carbocycles. The molecule has 0 unspecified atom stereocenters. The standard InChI is InChI=1S/C21H22N4O/c26-21(25(20-10-11-20)16-17-6-2-1-3-7-17)23-19-9-4-8-18(14-19)15-24-13-5-12-22-24/h1-9,12-14,20H,10-11,15-16H2,(H,23,26). The average molecular weight is 346 g/mol. The zero-order valence-corrected chi connectivity index (χ0v) is 14.6. The summed E-state index contributed by atoms with van der Waals surface area (Å²) in [5.41, 5.74) is 3.08. The first-order valence-electron chi connectivity index (χ1n) is 8.96. The summed E-state index contributed by atoms with van der Waals surface area (Å²) in [4.78, 5) is 14.8. The fourth-order valence-corrected chi connectivity index (χ4v) is 3.06. The number of amides is 2. The van der Waals surface area contributed by atoms with E-state index in [1.807, 2.05) is 64.3 Å². The lowest BCUT2D eigenvalue weighted by atomic mass is 10.2. The normalized spacial score (nSPS) is 13.4. The minimum Gasteiger partial charge on any atom is -0.317 e. The van der Waals surface area contributed by atoms with Crippen molar-refractivity contribution < 1.29 is 4.79 Å². The molecule has 0 aliphatic heterocycles. The molecule has 1 fully saturated rings. The smallest absolute Gasteiger partial charge is 0.317 e. The molecule has 0 atom stereocenters. The van der Waals surface area contributed by atoms with Gasteiger partial charge in [-0.3, -0.25) is 4.68 Å². The molecule has 3 aromatic rings. The third-order valence-electron chi connectivity index (χ3n) is 4.53. The van der Waals surface area contributed by atoms with Crippen molar-refractivity contribution in [2.24, 2.45) is 0 Å². The lowest BCUT2D eigenvalue weighted by molar-refractivity contribution is 0.206. The topological polar surface area (TPSA) is 50.2 Å². The van der Waals surface area contributed by atoms with Gasteiger partial charge < -0.3 is 10.2 Å². The Labute approximate surface area is 153 Å².